The van der Waals surface area contributed by atoms with Crippen LogP contribution in [0.5, 0.6) is 0 Å². The van der Waals surface area contributed by atoms with E-state index in [9.17, 15) is 14.7 Å². The summed E-state index contributed by atoms with van der Waals surface area (Å²) in [4.78, 5) is 39.1. The summed E-state index contributed by atoms with van der Waals surface area (Å²) in [5, 5.41) is 19.9. The molecule has 2 amide bonds. The third-order valence-corrected chi connectivity index (χ3v) is 8.27. The van der Waals surface area contributed by atoms with Gasteiger partial charge in [-0.15, -0.1) is 0 Å². The van der Waals surface area contributed by atoms with Crippen molar-refractivity contribution in [1.29, 1.82) is 0 Å². The third kappa shape index (κ3) is 6.01. The number of anilines is 2. The van der Waals surface area contributed by atoms with Crippen LogP contribution in [0.3, 0.4) is 0 Å². The quantitative estimate of drug-likeness (QED) is 0.104. The largest absolute Gasteiger partial charge is 0.858 e. The number of thiocarbonyl (C=S) groups is 1. The molecule has 1 unspecified atom stereocenters. The maximum atomic E-state index is 13.9. The van der Waals surface area contributed by atoms with Crippen LogP contribution < -0.4 is 20.0 Å². The Bertz CT molecular complexity index is 2130. The summed E-state index contributed by atoms with van der Waals surface area (Å²) in [6.07, 6.45) is -0.209. The molecule has 6 aromatic rings. The van der Waals surface area contributed by atoms with E-state index in [4.69, 9.17) is 21.2 Å². The molecule has 13 heteroatoms. The summed E-state index contributed by atoms with van der Waals surface area (Å²) in [7, 11) is 1.63. The molecule has 1 N–H and O–H groups in total. The fourth-order valence-corrected chi connectivity index (χ4v) is 5.79. The fraction of sp³-hybridized carbons (Fsp3) is 0.114. The van der Waals surface area contributed by atoms with Crippen LogP contribution in [0.4, 0.5) is 17.3 Å². The van der Waals surface area contributed by atoms with Crippen LogP contribution in [0.1, 0.15) is 17.7 Å². The van der Waals surface area contributed by atoms with Crippen molar-refractivity contribution in [1.82, 2.24) is 15.2 Å². The van der Waals surface area contributed by atoms with Crippen LogP contribution in [0.2, 0.25) is 0 Å². The number of carbonyl (C=O) groups is 2. The first-order valence-electron chi connectivity index (χ1n) is 15.0. The minimum Gasteiger partial charge on any atom is -0.858 e. The molecule has 1 aliphatic heterocycles. The molecule has 3 heterocycles. The van der Waals surface area contributed by atoms with Crippen molar-refractivity contribution in [3.63, 3.8) is 0 Å². The van der Waals surface area contributed by atoms with Crippen LogP contribution in [-0.4, -0.2) is 44.0 Å². The number of rotatable bonds is 9. The second-order valence-electron chi connectivity index (χ2n) is 11.0. The standard InChI is InChI=1S/C35H27N7O5S/c1-40-28(33(47-39-40)38-31(44)22-10-4-2-5-11-22)21-41-27(34(45)42(35(41)48)25-12-6-3-7-13-25)20-30(43)36-24-18-16-23(17-19-24)32-37-26-14-8-9-15-29(26)46-32/h2-19,27H,20-21H2,1H3,(H-,36,37,38,39,43,44). The van der Waals surface area contributed by atoms with Crippen LogP contribution in [0.25, 0.3) is 22.6 Å². The lowest BCUT2D eigenvalue weighted by molar-refractivity contribution is -0.746. The van der Waals surface area contributed by atoms with Crippen molar-refractivity contribution in [3.05, 3.63) is 120 Å². The van der Waals surface area contributed by atoms with Crippen molar-refractivity contribution in [2.45, 2.75) is 19.0 Å². The number of carbonyl (C=O) groups excluding carboxylic acids is 2. The van der Waals surface area contributed by atoms with Crippen molar-refractivity contribution < 1.29 is 28.3 Å². The van der Waals surface area contributed by atoms with E-state index in [-0.39, 0.29) is 29.9 Å². The average Bonchev–Trinajstić information content (AvgIpc) is 3.76. The lowest BCUT2D eigenvalue weighted by atomic mass is 10.1. The zero-order chi connectivity index (χ0) is 33.2. The summed E-state index contributed by atoms with van der Waals surface area (Å²) in [5.74, 6) is -0.843. The van der Waals surface area contributed by atoms with Gasteiger partial charge in [-0.1, -0.05) is 60.7 Å². The molecule has 1 aliphatic rings. The lowest BCUT2D eigenvalue weighted by Gasteiger charge is -2.22. The first-order valence-corrected chi connectivity index (χ1v) is 15.4. The predicted molar refractivity (Wildman–Crippen MR) is 179 cm³/mol. The number of para-hydroxylation sites is 3. The molecule has 238 valence electrons. The zero-order valence-corrected chi connectivity index (χ0v) is 26.3. The van der Waals surface area contributed by atoms with E-state index in [0.29, 0.717) is 34.1 Å². The Kier molecular flexibility index (Phi) is 8.17. The number of hydrogen-bond donors (Lipinski definition) is 1. The van der Waals surface area contributed by atoms with Crippen molar-refractivity contribution in [2.24, 2.45) is 12.0 Å². The molecule has 2 aromatic heterocycles. The SMILES string of the molecule is C[n+]1noc(/N=C(\[O-])c2ccccc2)c1CN1C(=S)N(c2ccccc2)C(=O)C1CC(=O)Nc1ccc(-c2nc3ccccc3o2)cc1. The van der Waals surface area contributed by atoms with E-state index in [1.165, 1.54) is 9.58 Å². The number of nitrogens with one attached hydrogen (secondary N) is 1. The first kappa shape index (κ1) is 30.4. The minimum absolute atomic E-state index is 0.00798. The average molecular weight is 658 g/mol. The van der Waals surface area contributed by atoms with E-state index >= 15 is 0 Å². The smallest absolute Gasteiger partial charge is 0.325 e. The highest BCUT2D eigenvalue weighted by Gasteiger charge is 2.46. The Morgan fingerprint density at radius 3 is 2.40 bits per heavy atom. The van der Waals surface area contributed by atoms with Crippen LogP contribution >= 0.6 is 12.2 Å². The summed E-state index contributed by atoms with van der Waals surface area (Å²) >= 11 is 5.82. The number of benzene rings is 4. The molecule has 1 saturated heterocycles. The molecule has 4 aromatic carbocycles. The number of fused-ring (bicyclic) bond motifs is 1. The monoisotopic (exact) mass is 657 g/mol. The van der Waals surface area contributed by atoms with E-state index in [2.05, 4.69) is 20.6 Å². The topological polar surface area (TPSA) is 144 Å². The van der Waals surface area contributed by atoms with E-state index in [0.717, 1.165) is 11.1 Å². The van der Waals surface area contributed by atoms with Gasteiger partial charge in [0.1, 0.15) is 18.1 Å². The Balaban J connectivity index is 1.13. The number of aliphatic imine (C=N–C) groups is 1. The Morgan fingerprint density at radius 1 is 0.979 bits per heavy atom. The van der Waals surface area contributed by atoms with Gasteiger partial charge in [-0.2, -0.15) is 0 Å². The van der Waals surface area contributed by atoms with Gasteiger partial charge in [0.05, 0.1) is 12.1 Å². The van der Waals surface area contributed by atoms with Crippen molar-refractivity contribution in [2.75, 3.05) is 10.2 Å². The highest BCUT2D eigenvalue weighted by molar-refractivity contribution is 7.80. The van der Waals surface area contributed by atoms with Gasteiger partial charge >= 0.3 is 5.88 Å². The number of nitrogens with zero attached hydrogens (tertiary/aromatic N) is 6. The maximum absolute atomic E-state index is 13.9. The van der Waals surface area contributed by atoms with Gasteiger partial charge in [0.2, 0.25) is 17.1 Å². The van der Waals surface area contributed by atoms with Gasteiger partial charge in [-0.25, -0.2) is 9.98 Å². The minimum atomic E-state index is -0.968. The van der Waals surface area contributed by atoms with Crippen molar-refractivity contribution >= 4 is 63.4 Å². The van der Waals surface area contributed by atoms with Gasteiger partial charge in [0, 0.05) is 11.3 Å². The molecular formula is C35H27N7O5S. The molecule has 0 bridgehead atoms. The Morgan fingerprint density at radius 2 is 1.67 bits per heavy atom. The maximum Gasteiger partial charge on any atom is 0.325 e. The molecule has 0 saturated carbocycles. The summed E-state index contributed by atoms with van der Waals surface area (Å²) < 4.78 is 12.7. The molecular weight excluding hydrogens is 630 g/mol. The zero-order valence-electron chi connectivity index (χ0n) is 25.5. The fourth-order valence-electron chi connectivity index (χ4n) is 5.40. The highest BCUT2D eigenvalue weighted by Crippen LogP contribution is 2.31. The normalized spacial score (nSPS) is 15.0. The predicted octanol–water partition coefficient (Wildman–Crippen LogP) is 4.28. The number of aryl methyl sites for hydroxylation is 1. The molecule has 0 aliphatic carbocycles. The highest BCUT2D eigenvalue weighted by atomic mass is 32.1. The van der Waals surface area contributed by atoms with E-state index in [1.54, 1.807) is 90.8 Å². The van der Waals surface area contributed by atoms with Crippen LogP contribution in [0, 0.1) is 0 Å². The summed E-state index contributed by atoms with van der Waals surface area (Å²) in [6.45, 7) is -0.00798. The molecule has 0 spiro atoms. The number of amides is 2. The number of oxazole rings is 1. The first-order chi connectivity index (χ1) is 23.4. The molecule has 48 heavy (non-hydrogen) atoms. The molecule has 1 fully saturated rings. The van der Waals surface area contributed by atoms with Gasteiger partial charge < -0.3 is 19.7 Å². The molecule has 1 atom stereocenters. The van der Waals surface area contributed by atoms with E-state index in [1.807, 2.05) is 30.3 Å². The van der Waals surface area contributed by atoms with Crippen LogP contribution in [0.15, 0.2) is 123 Å². The second kappa shape index (κ2) is 12.9. The van der Waals surface area contributed by atoms with Gasteiger partial charge in [0.15, 0.2) is 17.7 Å². The van der Waals surface area contributed by atoms with Gasteiger partial charge in [-0.3, -0.25) is 19.0 Å². The molecule has 7 rings (SSSR count). The van der Waals surface area contributed by atoms with Crippen molar-refractivity contribution in [3.8, 4) is 11.5 Å². The Hall–Kier alpha value is -6.21. The van der Waals surface area contributed by atoms with E-state index < -0.39 is 17.8 Å². The Labute approximate surface area is 279 Å². The summed E-state index contributed by atoms with van der Waals surface area (Å²) in [5.41, 5.74) is 4.05. The third-order valence-electron chi connectivity index (χ3n) is 7.85. The number of aromatic nitrogens is 3. The summed E-state index contributed by atoms with van der Waals surface area (Å²) in [6, 6.07) is 31.1. The van der Waals surface area contributed by atoms with Crippen LogP contribution in [-0.2, 0) is 23.2 Å². The second-order valence-corrected chi connectivity index (χ2v) is 11.3. The van der Waals surface area contributed by atoms with Gasteiger partial charge in [-0.05, 0) is 76.9 Å². The molecule has 0 radical (unpaired) electrons. The van der Waals surface area contributed by atoms with Gasteiger partial charge in [0.25, 0.3) is 11.6 Å². The lowest BCUT2D eigenvalue weighted by Crippen LogP contribution is -2.42. The molecule has 12 nitrogen and oxygen atoms in total. The number of hydrogen-bond acceptors (Lipinski definition) is 9.